The molecular formula is C13H13NO2S2. The highest BCUT2D eigenvalue weighted by molar-refractivity contribution is 8.01. The molecule has 0 unspecified atom stereocenters. The molecule has 3 nitrogen and oxygen atoms in total. The van der Waals surface area contributed by atoms with Crippen LogP contribution in [0.4, 0.5) is 5.69 Å². The van der Waals surface area contributed by atoms with Gasteiger partial charge in [0, 0.05) is 10.6 Å². The van der Waals surface area contributed by atoms with E-state index in [1.807, 2.05) is 23.6 Å². The highest BCUT2D eigenvalue weighted by atomic mass is 32.2. The molecule has 2 rings (SSSR count). The summed E-state index contributed by atoms with van der Waals surface area (Å²) in [6, 6.07) is 9.45. The van der Waals surface area contributed by atoms with Crippen LogP contribution in [0.25, 0.3) is 0 Å². The summed E-state index contributed by atoms with van der Waals surface area (Å²) < 4.78 is 6.15. The first-order chi connectivity index (χ1) is 8.70. The number of hydrogen-bond donors (Lipinski definition) is 1. The van der Waals surface area contributed by atoms with Crippen molar-refractivity contribution in [3.05, 3.63) is 41.3 Å². The lowest BCUT2D eigenvalue weighted by molar-refractivity contribution is 0.0527. The van der Waals surface area contributed by atoms with Crippen LogP contribution in [-0.2, 0) is 4.74 Å². The number of thiophene rings is 1. The molecule has 0 aliphatic heterocycles. The molecule has 0 aliphatic carbocycles. The lowest BCUT2D eigenvalue weighted by Gasteiger charge is -2.07. The van der Waals surface area contributed by atoms with Crippen molar-refractivity contribution >= 4 is 34.8 Å². The second kappa shape index (κ2) is 5.93. The van der Waals surface area contributed by atoms with Crippen molar-refractivity contribution in [2.75, 3.05) is 12.3 Å². The van der Waals surface area contributed by atoms with Crippen LogP contribution in [0.3, 0.4) is 0 Å². The largest absolute Gasteiger partial charge is 0.462 e. The average molecular weight is 279 g/mol. The zero-order chi connectivity index (χ0) is 13.0. The highest BCUT2D eigenvalue weighted by Gasteiger charge is 2.12. The lowest BCUT2D eigenvalue weighted by atomic mass is 10.2. The fraction of sp³-hybridized carbons (Fsp3) is 0.154. The number of carbonyl (C=O) groups excluding carboxylic acids is 1. The molecule has 0 radical (unpaired) electrons. The van der Waals surface area contributed by atoms with Crippen LogP contribution in [0.15, 0.2) is 44.8 Å². The van der Waals surface area contributed by atoms with Gasteiger partial charge in [0.05, 0.1) is 16.4 Å². The van der Waals surface area contributed by atoms with E-state index in [1.54, 1.807) is 42.2 Å². The number of nitrogens with two attached hydrogens (primary N) is 1. The van der Waals surface area contributed by atoms with Crippen LogP contribution < -0.4 is 5.73 Å². The van der Waals surface area contributed by atoms with Gasteiger partial charge in [-0.15, -0.1) is 11.3 Å². The van der Waals surface area contributed by atoms with Crippen molar-refractivity contribution in [3.63, 3.8) is 0 Å². The molecular weight excluding hydrogens is 266 g/mol. The standard InChI is InChI=1S/C13H13NO2S2/c1-2-16-13(15)10-8-9(5-6-11(10)14)18-12-4-3-7-17-12/h3-8H,2,14H2,1H3. The molecule has 0 spiro atoms. The van der Waals surface area contributed by atoms with Crippen molar-refractivity contribution in [1.29, 1.82) is 0 Å². The van der Waals surface area contributed by atoms with E-state index in [4.69, 9.17) is 10.5 Å². The fourth-order valence-electron chi connectivity index (χ4n) is 1.42. The minimum absolute atomic E-state index is 0.348. The van der Waals surface area contributed by atoms with E-state index < -0.39 is 0 Å². The van der Waals surface area contributed by atoms with Crippen molar-refractivity contribution in [2.45, 2.75) is 16.0 Å². The predicted molar refractivity (Wildman–Crippen MR) is 75.3 cm³/mol. The van der Waals surface area contributed by atoms with E-state index in [1.165, 1.54) is 4.21 Å². The number of ether oxygens (including phenoxy) is 1. The molecule has 5 heteroatoms. The maximum absolute atomic E-state index is 11.7. The third kappa shape index (κ3) is 3.05. The fourth-order valence-corrected chi connectivity index (χ4v) is 3.21. The predicted octanol–water partition coefficient (Wildman–Crippen LogP) is 3.66. The molecule has 0 aliphatic rings. The minimum atomic E-state index is -0.372. The van der Waals surface area contributed by atoms with Crippen LogP contribution in [0.5, 0.6) is 0 Å². The Kier molecular flexibility index (Phi) is 4.28. The molecule has 0 amide bonds. The van der Waals surface area contributed by atoms with Gasteiger partial charge >= 0.3 is 5.97 Å². The van der Waals surface area contributed by atoms with Gasteiger partial charge in [-0.2, -0.15) is 0 Å². The lowest BCUT2D eigenvalue weighted by Crippen LogP contribution is -2.07. The number of anilines is 1. The molecule has 0 fully saturated rings. The molecule has 18 heavy (non-hydrogen) atoms. The Labute approximate surface area is 114 Å². The topological polar surface area (TPSA) is 52.3 Å². The molecule has 2 N–H and O–H groups in total. The monoisotopic (exact) mass is 279 g/mol. The van der Waals surface area contributed by atoms with Crippen LogP contribution in [0.2, 0.25) is 0 Å². The molecule has 1 aromatic heterocycles. The van der Waals surface area contributed by atoms with E-state index in [0.717, 1.165) is 4.90 Å². The van der Waals surface area contributed by atoms with Gasteiger partial charge in [-0.25, -0.2) is 4.79 Å². The van der Waals surface area contributed by atoms with Gasteiger partial charge < -0.3 is 10.5 Å². The molecule has 0 saturated carbocycles. The summed E-state index contributed by atoms with van der Waals surface area (Å²) in [7, 11) is 0. The van der Waals surface area contributed by atoms with Crippen LogP contribution in [0.1, 0.15) is 17.3 Å². The minimum Gasteiger partial charge on any atom is -0.462 e. The third-order valence-corrected chi connectivity index (χ3v) is 4.26. The molecule has 2 aromatic rings. The summed E-state index contributed by atoms with van der Waals surface area (Å²) >= 11 is 3.27. The van der Waals surface area contributed by atoms with Gasteiger partial charge in [0.2, 0.25) is 0 Å². The summed E-state index contributed by atoms with van der Waals surface area (Å²) in [5.74, 6) is -0.372. The molecule has 0 saturated heterocycles. The summed E-state index contributed by atoms with van der Waals surface area (Å²) in [6.07, 6.45) is 0. The Morgan fingerprint density at radius 2 is 2.28 bits per heavy atom. The first kappa shape index (κ1) is 13.0. The number of hydrogen-bond acceptors (Lipinski definition) is 5. The van der Waals surface area contributed by atoms with Crippen molar-refractivity contribution in [2.24, 2.45) is 0 Å². The normalized spacial score (nSPS) is 10.3. The van der Waals surface area contributed by atoms with Crippen LogP contribution in [0, 0.1) is 0 Å². The number of carbonyl (C=O) groups is 1. The zero-order valence-corrected chi connectivity index (χ0v) is 11.5. The first-order valence-corrected chi connectivity index (χ1v) is 7.18. The Morgan fingerprint density at radius 3 is 2.94 bits per heavy atom. The maximum Gasteiger partial charge on any atom is 0.340 e. The van der Waals surface area contributed by atoms with Gasteiger partial charge in [-0.3, -0.25) is 0 Å². The average Bonchev–Trinajstić information content (AvgIpc) is 2.84. The third-order valence-electron chi connectivity index (χ3n) is 2.23. The van der Waals surface area contributed by atoms with Gasteiger partial charge in [-0.05, 0) is 36.6 Å². The summed E-state index contributed by atoms with van der Waals surface area (Å²) in [4.78, 5) is 12.7. The van der Waals surface area contributed by atoms with Gasteiger partial charge in [0.25, 0.3) is 0 Å². The molecule has 1 heterocycles. The van der Waals surface area contributed by atoms with Crippen molar-refractivity contribution < 1.29 is 9.53 Å². The highest BCUT2D eigenvalue weighted by Crippen LogP contribution is 2.32. The SMILES string of the molecule is CCOC(=O)c1cc(Sc2cccs2)ccc1N. The Hall–Kier alpha value is -1.46. The van der Waals surface area contributed by atoms with Crippen molar-refractivity contribution in [3.8, 4) is 0 Å². The molecule has 94 valence electrons. The maximum atomic E-state index is 11.7. The second-order valence-electron chi connectivity index (χ2n) is 3.50. The second-order valence-corrected chi connectivity index (χ2v) is 5.83. The quantitative estimate of drug-likeness (QED) is 0.685. The van der Waals surface area contributed by atoms with E-state index in [-0.39, 0.29) is 5.97 Å². The molecule has 0 atom stereocenters. The van der Waals surface area contributed by atoms with E-state index in [2.05, 4.69) is 0 Å². The Balaban J connectivity index is 2.23. The first-order valence-electron chi connectivity index (χ1n) is 5.48. The summed E-state index contributed by atoms with van der Waals surface area (Å²) in [6.45, 7) is 2.12. The smallest absolute Gasteiger partial charge is 0.340 e. The number of esters is 1. The number of benzene rings is 1. The molecule has 1 aromatic carbocycles. The van der Waals surface area contributed by atoms with Gasteiger partial charge in [0.1, 0.15) is 0 Å². The molecule has 0 bridgehead atoms. The van der Waals surface area contributed by atoms with Crippen molar-refractivity contribution in [1.82, 2.24) is 0 Å². The van der Waals surface area contributed by atoms with Gasteiger partial charge in [0.15, 0.2) is 0 Å². The van der Waals surface area contributed by atoms with E-state index in [9.17, 15) is 4.79 Å². The number of rotatable bonds is 4. The Bertz CT molecular complexity index is 538. The van der Waals surface area contributed by atoms with Crippen LogP contribution in [-0.4, -0.2) is 12.6 Å². The summed E-state index contributed by atoms with van der Waals surface area (Å²) in [5.41, 5.74) is 6.66. The van der Waals surface area contributed by atoms with E-state index in [0.29, 0.717) is 17.9 Å². The summed E-state index contributed by atoms with van der Waals surface area (Å²) in [5, 5.41) is 2.02. The van der Waals surface area contributed by atoms with E-state index >= 15 is 0 Å². The zero-order valence-electron chi connectivity index (χ0n) is 9.88. The number of nitrogen functional groups attached to an aromatic ring is 1. The van der Waals surface area contributed by atoms with Gasteiger partial charge in [-0.1, -0.05) is 17.8 Å². The van der Waals surface area contributed by atoms with Crippen LogP contribution >= 0.6 is 23.1 Å². The Morgan fingerprint density at radius 1 is 1.44 bits per heavy atom.